The largest absolute Gasteiger partial charge is 0.490 e. The van der Waals surface area contributed by atoms with Gasteiger partial charge >= 0.3 is 18.0 Å². The number of esters is 2. The van der Waals surface area contributed by atoms with Crippen LogP contribution < -0.4 is 14.8 Å². The highest BCUT2D eigenvalue weighted by molar-refractivity contribution is 9.10. The lowest BCUT2D eigenvalue weighted by atomic mass is 10.1. The molecule has 3 amide bonds. The van der Waals surface area contributed by atoms with E-state index in [0.717, 1.165) is 12.0 Å². The fourth-order valence-electron chi connectivity index (χ4n) is 2.45. The molecule has 0 unspecified atom stereocenters. The summed E-state index contributed by atoms with van der Waals surface area (Å²) in [5.41, 5.74) is 0.484. The van der Waals surface area contributed by atoms with Crippen molar-refractivity contribution in [2.75, 3.05) is 33.5 Å². The summed E-state index contributed by atoms with van der Waals surface area (Å²) in [5.74, 6) is -1.28. The summed E-state index contributed by atoms with van der Waals surface area (Å²) in [7, 11) is 1.16. The number of carbonyl (C=O) groups is 4. The Morgan fingerprint density at radius 2 is 1.80 bits per heavy atom. The van der Waals surface area contributed by atoms with Gasteiger partial charge in [0, 0.05) is 4.47 Å². The number of hydrogen-bond acceptors (Lipinski definition) is 8. The molecule has 30 heavy (non-hydrogen) atoms. The predicted octanol–water partition coefficient (Wildman–Crippen LogP) is 1.86. The highest BCUT2D eigenvalue weighted by Gasteiger charge is 2.35. The summed E-state index contributed by atoms with van der Waals surface area (Å²) in [6, 6.07) is 2.43. The van der Waals surface area contributed by atoms with Gasteiger partial charge in [0.15, 0.2) is 18.1 Å². The number of amides is 3. The van der Waals surface area contributed by atoms with E-state index in [9.17, 15) is 19.2 Å². The highest BCUT2D eigenvalue weighted by Crippen LogP contribution is 2.35. The van der Waals surface area contributed by atoms with Gasteiger partial charge in [-0.15, -0.1) is 0 Å². The van der Waals surface area contributed by atoms with Crippen molar-refractivity contribution >= 4 is 45.9 Å². The molecule has 1 fully saturated rings. The molecular weight excluding hydrogens is 464 g/mol. The molecule has 0 aromatic heterocycles. The third-order valence-corrected chi connectivity index (χ3v) is 4.48. The van der Waals surface area contributed by atoms with Crippen molar-refractivity contribution in [3.63, 3.8) is 0 Å². The summed E-state index contributed by atoms with van der Waals surface area (Å²) in [6.07, 6.45) is 1.43. The number of carbonyl (C=O) groups excluding carboxylic acids is 4. The number of nitrogens with zero attached hydrogens (tertiary/aromatic N) is 1. The number of nitrogens with one attached hydrogen (secondary N) is 1. The summed E-state index contributed by atoms with van der Waals surface area (Å²) in [5, 5.41) is 2.42. The first-order chi connectivity index (χ1) is 14.3. The van der Waals surface area contributed by atoms with E-state index in [1.54, 1.807) is 26.0 Å². The molecule has 1 aromatic carbocycles. The standard InChI is InChI=1S/C19H21BrN2O8/c1-4-28-14-7-11(12(20)8-15(14)30-10-17(24)29-5-2)6-13-18(25)22(19(26)21-13)9-16(23)27-3/h6-8H,4-5,9-10H2,1-3H3,(H,21,26)/b13-6+. The van der Waals surface area contributed by atoms with E-state index >= 15 is 0 Å². The van der Waals surface area contributed by atoms with Crippen LogP contribution in [0.25, 0.3) is 6.08 Å². The van der Waals surface area contributed by atoms with E-state index in [1.165, 1.54) is 6.08 Å². The van der Waals surface area contributed by atoms with Crippen molar-refractivity contribution in [2.24, 2.45) is 0 Å². The van der Waals surface area contributed by atoms with Crippen LogP contribution in [0.1, 0.15) is 19.4 Å². The van der Waals surface area contributed by atoms with Crippen LogP contribution in [-0.4, -0.2) is 62.3 Å². The van der Waals surface area contributed by atoms with Crippen LogP contribution in [-0.2, 0) is 23.9 Å². The Kier molecular flexibility index (Phi) is 8.22. The molecule has 1 aliphatic heterocycles. The first-order valence-electron chi connectivity index (χ1n) is 8.96. The summed E-state index contributed by atoms with van der Waals surface area (Å²) < 4.78 is 20.9. The van der Waals surface area contributed by atoms with Crippen molar-refractivity contribution in [1.29, 1.82) is 0 Å². The molecule has 11 heteroatoms. The average molecular weight is 485 g/mol. The second-order valence-electron chi connectivity index (χ2n) is 5.80. The molecule has 1 N–H and O–H groups in total. The topological polar surface area (TPSA) is 120 Å². The minimum absolute atomic E-state index is 0.0211. The minimum Gasteiger partial charge on any atom is -0.490 e. The molecule has 0 saturated carbocycles. The van der Waals surface area contributed by atoms with Crippen LogP contribution in [0.3, 0.4) is 0 Å². The Hall–Kier alpha value is -3.08. The Morgan fingerprint density at radius 1 is 1.10 bits per heavy atom. The van der Waals surface area contributed by atoms with Crippen molar-refractivity contribution < 1.29 is 38.1 Å². The maximum Gasteiger partial charge on any atom is 0.344 e. The lowest BCUT2D eigenvalue weighted by molar-refractivity contribution is -0.145. The van der Waals surface area contributed by atoms with Crippen molar-refractivity contribution in [2.45, 2.75) is 13.8 Å². The number of benzene rings is 1. The normalized spacial score (nSPS) is 14.5. The monoisotopic (exact) mass is 484 g/mol. The molecule has 0 atom stereocenters. The fraction of sp³-hybridized carbons (Fsp3) is 0.368. The lowest BCUT2D eigenvalue weighted by Gasteiger charge is -2.14. The molecule has 10 nitrogen and oxygen atoms in total. The predicted molar refractivity (Wildman–Crippen MR) is 108 cm³/mol. The van der Waals surface area contributed by atoms with Gasteiger partial charge in [-0.25, -0.2) is 14.5 Å². The van der Waals surface area contributed by atoms with Crippen LogP contribution in [0.15, 0.2) is 22.3 Å². The maximum absolute atomic E-state index is 12.4. The van der Waals surface area contributed by atoms with Gasteiger partial charge in [0.05, 0.1) is 20.3 Å². The van der Waals surface area contributed by atoms with Crippen molar-refractivity contribution in [1.82, 2.24) is 10.2 Å². The summed E-state index contributed by atoms with van der Waals surface area (Å²) in [4.78, 5) is 48.1. The number of hydrogen-bond donors (Lipinski definition) is 1. The number of ether oxygens (including phenoxy) is 4. The van der Waals surface area contributed by atoms with Crippen LogP contribution in [0.5, 0.6) is 11.5 Å². The van der Waals surface area contributed by atoms with Gasteiger partial charge < -0.3 is 24.3 Å². The second kappa shape index (κ2) is 10.6. The van der Waals surface area contributed by atoms with E-state index in [2.05, 4.69) is 26.0 Å². The number of methoxy groups -OCH3 is 1. The van der Waals surface area contributed by atoms with Gasteiger partial charge in [-0.2, -0.15) is 0 Å². The Morgan fingerprint density at radius 3 is 2.43 bits per heavy atom. The van der Waals surface area contributed by atoms with E-state index in [4.69, 9.17) is 14.2 Å². The zero-order valence-electron chi connectivity index (χ0n) is 16.7. The summed E-state index contributed by atoms with van der Waals surface area (Å²) >= 11 is 3.37. The van der Waals surface area contributed by atoms with Crippen molar-refractivity contribution in [3.8, 4) is 11.5 Å². The van der Waals surface area contributed by atoms with E-state index < -0.39 is 30.4 Å². The molecule has 0 bridgehead atoms. The number of urea groups is 1. The molecule has 2 rings (SSSR count). The van der Waals surface area contributed by atoms with Gasteiger partial charge in [0.2, 0.25) is 0 Å². The first-order valence-corrected chi connectivity index (χ1v) is 9.76. The minimum atomic E-state index is -0.729. The highest BCUT2D eigenvalue weighted by atomic mass is 79.9. The third kappa shape index (κ3) is 5.72. The molecule has 1 saturated heterocycles. The average Bonchev–Trinajstić information content (AvgIpc) is 2.96. The fourth-order valence-corrected chi connectivity index (χ4v) is 2.88. The zero-order valence-corrected chi connectivity index (χ0v) is 18.2. The van der Waals surface area contributed by atoms with Gasteiger partial charge in [-0.05, 0) is 37.6 Å². The molecule has 162 valence electrons. The van der Waals surface area contributed by atoms with Gasteiger partial charge in [0.1, 0.15) is 12.2 Å². The van der Waals surface area contributed by atoms with Crippen LogP contribution in [0.4, 0.5) is 4.79 Å². The number of imide groups is 1. The Bertz CT molecular complexity index is 884. The van der Waals surface area contributed by atoms with E-state index in [0.29, 0.717) is 28.1 Å². The molecule has 0 radical (unpaired) electrons. The Labute approximate surface area is 181 Å². The quantitative estimate of drug-likeness (QED) is 0.320. The van der Waals surface area contributed by atoms with Crippen LogP contribution in [0, 0.1) is 0 Å². The number of halogens is 1. The van der Waals surface area contributed by atoms with Crippen molar-refractivity contribution in [3.05, 3.63) is 27.9 Å². The maximum atomic E-state index is 12.4. The number of rotatable bonds is 9. The Balaban J connectivity index is 2.28. The lowest BCUT2D eigenvalue weighted by Crippen LogP contribution is -2.36. The summed E-state index contributed by atoms with van der Waals surface area (Å²) in [6.45, 7) is 3.25. The van der Waals surface area contributed by atoms with Gasteiger partial charge in [0.25, 0.3) is 5.91 Å². The molecule has 1 aliphatic rings. The van der Waals surface area contributed by atoms with Crippen LogP contribution >= 0.6 is 15.9 Å². The zero-order chi connectivity index (χ0) is 22.3. The smallest absolute Gasteiger partial charge is 0.344 e. The molecule has 0 aliphatic carbocycles. The van der Waals surface area contributed by atoms with E-state index in [-0.39, 0.29) is 18.9 Å². The SMILES string of the molecule is CCOC(=O)COc1cc(Br)c(/C=C2/NC(=O)N(CC(=O)OC)C2=O)cc1OCC. The van der Waals surface area contributed by atoms with Gasteiger partial charge in [-0.3, -0.25) is 9.59 Å². The third-order valence-electron chi connectivity index (χ3n) is 3.79. The molecule has 1 aromatic rings. The second-order valence-corrected chi connectivity index (χ2v) is 6.66. The molecular formula is C19H21BrN2O8. The van der Waals surface area contributed by atoms with Gasteiger partial charge in [-0.1, -0.05) is 15.9 Å². The van der Waals surface area contributed by atoms with E-state index in [1.807, 2.05) is 0 Å². The first kappa shape index (κ1) is 23.2. The molecule has 1 heterocycles. The van der Waals surface area contributed by atoms with Crippen LogP contribution in [0.2, 0.25) is 0 Å². The molecule has 0 spiro atoms.